The minimum Gasteiger partial charge on any atom is -0.421 e. The molecule has 6 nitrogen and oxygen atoms in total. The number of anilines is 1. The third-order valence-corrected chi connectivity index (χ3v) is 2.83. The number of nitrogens with one attached hydrogen (secondary N) is 1. The standard InChI is InChI=1S/C15H12N4O2/c1-10-18-19-15(21-10)12-7-5-11(6-8-12)14(20)17-13-4-2-3-9-16-13/h2-9H,1H3,(H,16,17,20). The van der Waals surface area contributed by atoms with E-state index in [2.05, 4.69) is 20.5 Å². The third kappa shape index (κ3) is 2.94. The van der Waals surface area contributed by atoms with Crippen molar-refractivity contribution < 1.29 is 9.21 Å². The predicted molar refractivity (Wildman–Crippen MR) is 76.7 cm³/mol. The molecule has 0 atom stereocenters. The van der Waals surface area contributed by atoms with Crippen molar-refractivity contribution in [1.29, 1.82) is 0 Å². The number of carbonyl (C=O) groups is 1. The summed E-state index contributed by atoms with van der Waals surface area (Å²) in [5.41, 5.74) is 1.30. The zero-order chi connectivity index (χ0) is 14.7. The molecule has 0 saturated carbocycles. The zero-order valence-corrected chi connectivity index (χ0v) is 11.3. The van der Waals surface area contributed by atoms with E-state index in [0.29, 0.717) is 23.2 Å². The van der Waals surface area contributed by atoms with Crippen molar-refractivity contribution in [3.05, 3.63) is 60.1 Å². The number of rotatable bonds is 3. The van der Waals surface area contributed by atoms with Gasteiger partial charge in [0.15, 0.2) is 0 Å². The molecule has 0 saturated heterocycles. The van der Waals surface area contributed by atoms with Crippen LogP contribution in [0.15, 0.2) is 53.1 Å². The maximum Gasteiger partial charge on any atom is 0.256 e. The number of nitrogens with zero attached hydrogens (tertiary/aromatic N) is 3. The summed E-state index contributed by atoms with van der Waals surface area (Å²) >= 11 is 0. The minimum atomic E-state index is -0.220. The molecule has 0 radical (unpaired) electrons. The van der Waals surface area contributed by atoms with Crippen molar-refractivity contribution in [2.75, 3.05) is 5.32 Å². The zero-order valence-electron chi connectivity index (χ0n) is 11.3. The van der Waals surface area contributed by atoms with Gasteiger partial charge in [0.1, 0.15) is 5.82 Å². The lowest BCUT2D eigenvalue weighted by Gasteiger charge is -2.04. The Morgan fingerprint density at radius 2 is 1.90 bits per heavy atom. The van der Waals surface area contributed by atoms with E-state index in [1.807, 2.05) is 6.07 Å². The van der Waals surface area contributed by atoms with Crippen LogP contribution in [0.5, 0.6) is 0 Å². The maximum absolute atomic E-state index is 12.1. The van der Waals surface area contributed by atoms with Gasteiger partial charge in [-0.2, -0.15) is 0 Å². The molecular formula is C15H12N4O2. The molecule has 3 aromatic rings. The van der Waals surface area contributed by atoms with E-state index >= 15 is 0 Å². The van der Waals surface area contributed by atoms with Crippen LogP contribution in [0, 0.1) is 6.92 Å². The molecule has 1 amide bonds. The van der Waals surface area contributed by atoms with Gasteiger partial charge in [-0.1, -0.05) is 6.07 Å². The lowest BCUT2D eigenvalue weighted by atomic mass is 10.1. The summed E-state index contributed by atoms with van der Waals surface area (Å²) < 4.78 is 5.33. The van der Waals surface area contributed by atoms with Gasteiger partial charge in [-0.25, -0.2) is 4.98 Å². The second kappa shape index (κ2) is 5.54. The van der Waals surface area contributed by atoms with Crippen LogP contribution >= 0.6 is 0 Å². The number of hydrogen-bond donors (Lipinski definition) is 1. The van der Waals surface area contributed by atoms with Crippen LogP contribution in [-0.2, 0) is 0 Å². The molecule has 2 heterocycles. The van der Waals surface area contributed by atoms with Gasteiger partial charge in [-0.05, 0) is 36.4 Å². The van der Waals surface area contributed by atoms with E-state index in [0.717, 1.165) is 5.56 Å². The molecule has 3 rings (SSSR count). The molecule has 0 spiro atoms. The average Bonchev–Trinajstić information content (AvgIpc) is 2.95. The first-order valence-electron chi connectivity index (χ1n) is 6.35. The fourth-order valence-electron chi connectivity index (χ4n) is 1.80. The first-order chi connectivity index (χ1) is 10.2. The van der Waals surface area contributed by atoms with Gasteiger partial charge in [0.25, 0.3) is 5.91 Å². The average molecular weight is 280 g/mol. The van der Waals surface area contributed by atoms with Crippen LogP contribution in [0.2, 0.25) is 0 Å². The lowest BCUT2D eigenvalue weighted by Crippen LogP contribution is -2.12. The van der Waals surface area contributed by atoms with Gasteiger partial charge in [-0.15, -0.1) is 10.2 Å². The number of amides is 1. The highest BCUT2D eigenvalue weighted by molar-refractivity contribution is 6.03. The molecule has 0 aliphatic carbocycles. The van der Waals surface area contributed by atoms with Gasteiger partial charge in [0, 0.05) is 24.2 Å². The number of hydrogen-bond acceptors (Lipinski definition) is 5. The molecular weight excluding hydrogens is 268 g/mol. The molecule has 6 heteroatoms. The molecule has 0 fully saturated rings. The van der Waals surface area contributed by atoms with Gasteiger partial charge >= 0.3 is 0 Å². The highest BCUT2D eigenvalue weighted by atomic mass is 16.4. The van der Waals surface area contributed by atoms with Gasteiger partial charge in [-0.3, -0.25) is 4.79 Å². The second-order valence-corrected chi connectivity index (χ2v) is 4.37. The minimum absolute atomic E-state index is 0.220. The number of carbonyl (C=O) groups excluding carboxylic acids is 1. The summed E-state index contributed by atoms with van der Waals surface area (Å²) in [7, 11) is 0. The molecule has 2 aromatic heterocycles. The van der Waals surface area contributed by atoms with Crippen LogP contribution in [0.1, 0.15) is 16.2 Å². The first kappa shape index (κ1) is 13.0. The van der Waals surface area contributed by atoms with Crippen molar-refractivity contribution in [1.82, 2.24) is 15.2 Å². The normalized spacial score (nSPS) is 10.3. The maximum atomic E-state index is 12.1. The molecule has 104 valence electrons. The number of aryl methyl sites for hydroxylation is 1. The topological polar surface area (TPSA) is 80.9 Å². The number of aromatic nitrogens is 3. The Kier molecular flexibility index (Phi) is 3.42. The largest absolute Gasteiger partial charge is 0.421 e. The van der Waals surface area contributed by atoms with E-state index in [-0.39, 0.29) is 5.91 Å². The Balaban J connectivity index is 1.76. The Bertz CT molecular complexity index is 751. The number of benzene rings is 1. The summed E-state index contributed by atoms with van der Waals surface area (Å²) in [4.78, 5) is 16.1. The summed E-state index contributed by atoms with van der Waals surface area (Å²) in [6.45, 7) is 1.73. The second-order valence-electron chi connectivity index (χ2n) is 4.37. The van der Waals surface area contributed by atoms with Crippen LogP contribution in [0.3, 0.4) is 0 Å². The molecule has 0 aliphatic heterocycles. The van der Waals surface area contributed by atoms with Crippen LogP contribution in [0.4, 0.5) is 5.82 Å². The van der Waals surface area contributed by atoms with Gasteiger partial charge in [0.2, 0.25) is 11.8 Å². The first-order valence-corrected chi connectivity index (χ1v) is 6.35. The molecule has 1 aromatic carbocycles. The quantitative estimate of drug-likeness (QED) is 0.797. The SMILES string of the molecule is Cc1nnc(-c2ccc(C(=O)Nc3ccccn3)cc2)o1. The van der Waals surface area contributed by atoms with Crippen LogP contribution in [0.25, 0.3) is 11.5 Å². The molecule has 0 aliphatic rings. The van der Waals surface area contributed by atoms with E-state index in [1.54, 1.807) is 49.5 Å². The van der Waals surface area contributed by atoms with E-state index in [1.165, 1.54) is 0 Å². The Hall–Kier alpha value is -3.02. The summed E-state index contributed by atoms with van der Waals surface area (Å²) in [6.07, 6.45) is 1.62. The van der Waals surface area contributed by atoms with Crippen molar-refractivity contribution in [2.24, 2.45) is 0 Å². The molecule has 0 unspecified atom stereocenters. The summed E-state index contributed by atoms with van der Waals surface area (Å²) in [6, 6.07) is 12.3. The highest BCUT2D eigenvalue weighted by Gasteiger charge is 2.09. The van der Waals surface area contributed by atoms with Crippen LogP contribution < -0.4 is 5.32 Å². The Morgan fingerprint density at radius 1 is 1.10 bits per heavy atom. The van der Waals surface area contributed by atoms with Crippen molar-refractivity contribution in [3.63, 3.8) is 0 Å². The number of pyridine rings is 1. The molecule has 21 heavy (non-hydrogen) atoms. The Morgan fingerprint density at radius 3 is 2.52 bits per heavy atom. The van der Waals surface area contributed by atoms with Crippen molar-refractivity contribution in [2.45, 2.75) is 6.92 Å². The van der Waals surface area contributed by atoms with Gasteiger partial charge in [0.05, 0.1) is 0 Å². The fourth-order valence-corrected chi connectivity index (χ4v) is 1.80. The van der Waals surface area contributed by atoms with E-state index in [4.69, 9.17) is 4.42 Å². The van der Waals surface area contributed by atoms with E-state index in [9.17, 15) is 4.79 Å². The van der Waals surface area contributed by atoms with Crippen LogP contribution in [-0.4, -0.2) is 21.1 Å². The fraction of sp³-hybridized carbons (Fsp3) is 0.0667. The highest BCUT2D eigenvalue weighted by Crippen LogP contribution is 2.18. The molecule has 1 N–H and O–H groups in total. The van der Waals surface area contributed by atoms with Crippen molar-refractivity contribution in [3.8, 4) is 11.5 Å². The van der Waals surface area contributed by atoms with E-state index < -0.39 is 0 Å². The summed E-state index contributed by atoms with van der Waals surface area (Å²) in [5, 5.41) is 10.4. The predicted octanol–water partition coefficient (Wildman–Crippen LogP) is 2.69. The monoisotopic (exact) mass is 280 g/mol. The summed E-state index contributed by atoms with van der Waals surface area (Å²) in [5.74, 6) is 1.23. The van der Waals surface area contributed by atoms with Crippen molar-refractivity contribution >= 4 is 11.7 Å². The third-order valence-electron chi connectivity index (χ3n) is 2.83. The van der Waals surface area contributed by atoms with Gasteiger partial charge < -0.3 is 9.73 Å². The smallest absolute Gasteiger partial charge is 0.256 e. The Labute approximate surface area is 120 Å². The lowest BCUT2D eigenvalue weighted by molar-refractivity contribution is 0.102. The molecule has 0 bridgehead atoms.